The number of para-hydroxylation sites is 1. The van der Waals surface area contributed by atoms with Gasteiger partial charge in [-0.2, -0.15) is 0 Å². The molecule has 0 radical (unpaired) electrons. The van der Waals surface area contributed by atoms with Crippen molar-refractivity contribution in [3.05, 3.63) is 111 Å². The second kappa shape index (κ2) is 10.3. The van der Waals surface area contributed by atoms with E-state index in [4.69, 9.17) is 14.2 Å². The molecule has 1 heterocycles. The Morgan fingerprint density at radius 1 is 1.06 bits per heavy atom. The van der Waals surface area contributed by atoms with Gasteiger partial charge in [0, 0.05) is 29.3 Å². The van der Waals surface area contributed by atoms with Gasteiger partial charge < -0.3 is 14.2 Å². The first-order chi connectivity index (χ1) is 16.9. The van der Waals surface area contributed by atoms with Crippen LogP contribution in [-0.2, 0) is 14.3 Å². The summed E-state index contributed by atoms with van der Waals surface area (Å²) < 4.78 is 15.9. The van der Waals surface area contributed by atoms with Crippen molar-refractivity contribution < 1.29 is 28.7 Å². The third-order valence-electron chi connectivity index (χ3n) is 4.85. The first kappa shape index (κ1) is 23.1. The standard InChI is InChI=1S/C26H18N2O7/c1-33-21-10-5-8-19(15-21)25-27-22(26(30)35-25)16-18-7-2-3-11-23(18)34-24(29)13-12-17-6-4-9-20(14-17)28(31)32/h2-16H,1H3/b13-12+,22-16-. The number of hydrogen-bond acceptors (Lipinski definition) is 8. The van der Waals surface area contributed by atoms with Gasteiger partial charge >= 0.3 is 11.9 Å². The number of cyclic esters (lactones) is 1. The molecule has 0 atom stereocenters. The molecule has 0 bridgehead atoms. The van der Waals surface area contributed by atoms with Crippen LogP contribution in [0.2, 0.25) is 0 Å². The van der Waals surface area contributed by atoms with Crippen LogP contribution in [0.5, 0.6) is 11.5 Å². The van der Waals surface area contributed by atoms with Crippen molar-refractivity contribution in [3.8, 4) is 11.5 Å². The van der Waals surface area contributed by atoms with Crippen molar-refractivity contribution in [2.45, 2.75) is 0 Å². The van der Waals surface area contributed by atoms with Crippen molar-refractivity contribution in [3.63, 3.8) is 0 Å². The molecule has 1 aliphatic rings. The van der Waals surface area contributed by atoms with Gasteiger partial charge in [-0.15, -0.1) is 0 Å². The van der Waals surface area contributed by atoms with Crippen molar-refractivity contribution in [2.75, 3.05) is 7.11 Å². The fraction of sp³-hybridized carbons (Fsp3) is 0.0385. The summed E-state index contributed by atoms with van der Waals surface area (Å²) in [5, 5.41) is 10.9. The molecule has 35 heavy (non-hydrogen) atoms. The van der Waals surface area contributed by atoms with Crippen LogP contribution < -0.4 is 9.47 Å². The number of esters is 2. The zero-order valence-corrected chi connectivity index (χ0v) is 18.4. The Morgan fingerprint density at radius 2 is 1.86 bits per heavy atom. The summed E-state index contributed by atoms with van der Waals surface area (Å²) in [5.74, 6) is -0.415. The molecule has 9 nitrogen and oxygen atoms in total. The lowest BCUT2D eigenvalue weighted by Crippen LogP contribution is -2.06. The number of rotatable bonds is 7. The Labute approximate surface area is 199 Å². The monoisotopic (exact) mass is 470 g/mol. The number of aliphatic imine (C=N–C) groups is 1. The summed E-state index contributed by atoms with van der Waals surface area (Å²) >= 11 is 0. The Kier molecular flexibility index (Phi) is 6.78. The molecule has 0 aromatic heterocycles. The molecule has 0 saturated heterocycles. The summed E-state index contributed by atoms with van der Waals surface area (Å²) in [4.78, 5) is 39.4. The minimum atomic E-state index is -0.697. The number of hydrogen-bond donors (Lipinski definition) is 0. The van der Waals surface area contributed by atoms with E-state index in [2.05, 4.69) is 4.99 Å². The molecule has 174 valence electrons. The Hall–Kier alpha value is -5.05. The molecule has 0 saturated carbocycles. The van der Waals surface area contributed by atoms with Crippen LogP contribution in [0.4, 0.5) is 5.69 Å². The number of benzene rings is 3. The van der Waals surface area contributed by atoms with Gasteiger partial charge in [0.1, 0.15) is 11.5 Å². The fourth-order valence-corrected chi connectivity index (χ4v) is 3.18. The highest BCUT2D eigenvalue weighted by Gasteiger charge is 2.25. The summed E-state index contributed by atoms with van der Waals surface area (Å²) in [6.45, 7) is 0. The van der Waals surface area contributed by atoms with Gasteiger partial charge in [0.25, 0.3) is 5.69 Å². The Morgan fingerprint density at radius 3 is 2.66 bits per heavy atom. The lowest BCUT2D eigenvalue weighted by Gasteiger charge is -2.05. The summed E-state index contributed by atoms with van der Waals surface area (Å²) in [6.07, 6.45) is 4.03. The zero-order chi connectivity index (χ0) is 24.8. The number of non-ortho nitro benzene ring substituents is 1. The topological polar surface area (TPSA) is 117 Å². The highest BCUT2D eigenvalue weighted by atomic mass is 16.6. The summed E-state index contributed by atoms with van der Waals surface area (Å²) in [6, 6.07) is 19.4. The molecule has 0 amide bonds. The second-order valence-electron chi connectivity index (χ2n) is 7.21. The van der Waals surface area contributed by atoms with E-state index in [1.165, 1.54) is 37.5 Å². The minimum absolute atomic E-state index is 0.0402. The van der Waals surface area contributed by atoms with Crippen molar-refractivity contribution in [1.82, 2.24) is 0 Å². The number of methoxy groups -OCH3 is 1. The molecular weight excluding hydrogens is 452 g/mol. The predicted molar refractivity (Wildman–Crippen MR) is 128 cm³/mol. The van der Waals surface area contributed by atoms with Gasteiger partial charge in [0.2, 0.25) is 5.90 Å². The van der Waals surface area contributed by atoms with Gasteiger partial charge in [-0.1, -0.05) is 36.4 Å². The predicted octanol–water partition coefficient (Wildman–Crippen LogP) is 4.57. The molecular formula is C26H18N2O7. The van der Waals surface area contributed by atoms with Gasteiger partial charge in [-0.25, -0.2) is 14.6 Å². The quantitative estimate of drug-likeness (QED) is 0.163. The van der Waals surface area contributed by atoms with Crippen LogP contribution in [0.1, 0.15) is 16.7 Å². The smallest absolute Gasteiger partial charge is 0.363 e. The maximum absolute atomic E-state index is 12.4. The third-order valence-corrected chi connectivity index (χ3v) is 4.85. The molecule has 0 fully saturated rings. The second-order valence-corrected chi connectivity index (χ2v) is 7.21. The number of nitro benzene ring substituents is 1. The van der Waals surface area contributed by atoms with Crippen LogP contribution in [0.15, 0.2) is 89.6 Å². The lowest BCUT2D eigenvalue weighted by molar-refractivity contribution is -0.384. The number of ether oxygens (including phenoxy) is 3. The van der Waals surface area contributed by atoms with E-state index in [1.807, 2.05) is 0 Å². The maximum atomic E-state index is 12.4. The lowest BCUT2D eigenvalue weighted by atomic mass is 10.1. The van der Waals surface area contributed by atoms with Crippen molar-refractivity contribution in [1.29, 1.82) is 0 Å². The highest BCUT2D eigenvalue weighted by Crippen LogP contribution is 2.26. The van der Waals surface area contributed by atoms with Crippen LogP contribution in [-0.4, -0.2) is 29.9 Å². The first-order valence-corrected chi connectivity index (χ1v) is 10.3. The van der Waals surface area contributed by atoms with E-state index in [9.17, 15) is 19.7 Å². The molecule has 1 aliphatic heterocycles. The number of carbonyl (C=O) groups is 2. The molecule has 9 heteroatoms. The fourth-order valence-electron chi connectivity index (χ4n) is 3.18. The molecule has 0 spiro atoms. The minimum Gasteiger partial charge on any atom is -0.497 e. The van der Waals surface area contributed by atoms with Gasteiger partial charge in [0.15, 0.2) is 5.70 Å². The first-order valence-electron chi connectivity index (χ1n) is 10.3. The van der Waals surface area contributed by atoms with Crippen LogP contribution in [0.25, 0.3) is 12.2 Å². The van der Waals surface area contributed by atoms with Gasteiger partial charge in [0.05, 0.1) is 12.0 Å². The highest BCUT2D eigenvalue weighted by molar-refractivity contribution is 6.13. The maximum Gasteiger partial charge on any atom is 0.363 e. The summed E-state index contributed by atoms with van der Waals surface area (Å²) in [5.41, 5.74) is 1.44. The van der Waals surface area contributed by atoms with E-state index >= 15 is 0 Å². The SMILES string of the molecule is COc1cccc(C2=N/C(=C\c3ccccc3OC(=O)/C=C/c3cccc([N+](=O)[O-])c3)C(=O)O2)c1. The van der Waals surface area contributed by atoms with Crippen LogP contribution >= 0.6 is 0 Å². The average molecular weight is 470 g/mol. The van der Waals surface area contributed by atoms with Crippen LogP contribution in [0, 0.1) is 10.1 Å². The zero-order valence-electron chi connectivity index (χ0n) is 18.4. The number of nitrogens with zero attached hydrogens (tertiary/aromatic N) is 2. The summed E-state index contributed by atoms with van der Waals surface area (Å²) in [7, 11) is 1.53. The van der Waals surface area contributed by atoms with E-state index in [0.29, 0.717) is 22.4 Å². The van der Waals surface area contributed by atoms with Crippen LogP contribution in [0.3, 0.4) is 0 Å². The Balaban J connectivity index is 1.53. The molecule has 0 aliphatic carbocycles. The van der Waals surface area contributed by atoms with Gasteiger partial charge in [-0.05, 0) is 42.0 Å². The van der Waals surface area contributed by atoms with E-state index < -0.39 is 16.9 Å². The third kappa shape index (κ3) is 5.66. The molecule has 3 aromatic rings. The van der Waals surface area contributed by atoms with Crippen molar-refractivity contribution in [2.24, 2.45) is 4.99 Å². The van der Waals surface area contributed by atoms with E-state index in [-0.39, 0.29) is 23.0 Å². The number of nitro groups is 1. The van der Waals surface area contributed by atoms with E-state index in [0.717, 1.165) is 6.08 Å². The normalized spacial score (nSPS) is 14.0. The van der Waals surface area contributed by atoms with Gasteiger partial charge in [-0.3, -0.25) is 10.1 Å². The van der Waals surface area contributed by atoms with Crippen molar-refractivity contribution >= 4 is 35.7 Å². The average Bonchev–Trinajstić information content (AvgIpc) is 3.24. The molecule has 3 aromatic carbocycles. The van der Waals surface area contributed by atoms with E-state index in [1.54, 1.807) is 54.6 Å². The largest absolute Gasteiger partial charge is 0.497 e. The molecule has 0 N–H and O–H groups in total. The molecule has 0 unspecified atom stereocenters. The molecule has 4 rings (SSSR count). The Bertz CT molecular complexity index is 1410. The number of carbonyl (C=O) groups excluding carboxylic acids is 2.